The Morgan fingerprint density at radius 1 is 1.27 bits per heavy atom. The molecule has 4 heteroatoms. The molecule has 62 valence electrons. The Labute approximate surface area is 64.6 Å². The highest BCUT2D eigenvalue weighted by Gasteiger charge is 2.25. The smallest absolute Gasteiger partial charge is 0.289 e. The number of carbonyl (C=O) groups excluding carboxylic acids is 1. The van der Waals surface area contributed by atoms with Crippen LogP contribution in [-0.4, -0.2) is 17.1 Å². The second-order valence-corrected chi connectivity index (χ2v) is 2.93. The Balaban J connectivity index is 2.38. The maximum atomic E-state index is 10.7. The molecule has 1 amide bonds. The minimum absolute atomic E-state index is 0.226. The molecule has 0 radical (unpaired) electrons. The normalized spacial score (nSPS) is 31.4. The molecule has 1 fully saturated rings. The van der Waals surface area contributed by atoms with Crippen LogP contribution in [0.15, 0.2) is 5.18 Å². The third-order valence-corrected chi connectivity index (χ3v) is 2.14. The molecule has 0 aliphatic heterocycles. The molecule has 11 heavy (non-hydrogen) atoms. The van der Waals surface area contributed by atoms with E-state index in [0.717, 1.165) is 0 Å². The first-order valence-electron chi connectivity index (χ1n) is 3.79. The van der Waals surface area contributed by atoms with Crippen LogP contribution in [0.2, 0.25) is 0 Å². The average Bonchev–Trinajstić information content (AvgIpc) is 2.05. The van der Waals surface area contributed by atoms with Crippen molar-refractivity contribution in [1.29, 1.82) is 0 Å². The molecule has 1 N–H and O–H groups in total. The quantitative estimate of drug-likeness (QED) is 0.573. The van der Waals surface area contributed by atoms with Gasteiger partial charge in [0.1, 0.15) is 0 Å². The third-order valence-electron chi connectivity index (χ3n) is 2.14. The number of hydrogen-bond acceptors (Lipinski definition) is 3. The van der Waals surface area contributed by atoms with E-state index in [-0.39, 0.29) is 12.0 Å². The van der Waals surface area contributed by atoms with Crippen molar-refractivity contribution in [3.63, 3.8) is 0 Å². The predicted octanol–water partition coefficient (Wildman–Crippen LogP) is 0.831. The van der Waals surface area contributed by atoms with E-state index in [1.807, 2.05) is 0 Å². The summed E-state index contributed by atoms with van der Waals surface area (Å²) in [4.78, 5) is 20.5. The van der Waals surface area contributed by atoms with E-state index in [2.05, 4.69) is 5.18 Å². The highest BCUT2D eigenvalue weighted by molar-refractivity contribution is 5.79. The number of nitrogens with zero attached hydrogens (tertiary/aromatic N) is 1. The van der Waals surface area contributed by atoms with Crippen LogP contribution >= 0.6 is 0 Å². The Morgan fingerprint density at radius 2 is 1.82 bits per heavy atom. The summed E-state index contributed by atoms with van der Waals surface area (Å²) in [5.74, 6) is -0.784. The molecule has 1 aliphatic carbocycles. The Kier molecular flexibility index (Phi) is 2.70. The summed E-state index contributed by atoms with van der Waals surface area (Å²) < 4.78 is 0. The third kappa shape index (κ3) is 2.08. The number of rotatable bonds is 1. The SMILES string of the molecule is O=NC(=O)C1CCC(O)CC1. The van der Waals surface area contributed by atoms with Crippen LogP contribution in [0.4, 0.5) is 0 Å². The molecule has 0 bridgehead atoms. The van der Waals surface area contributed by atoms with E-state index >= 15 is 0 Å². The van der Waals surface area contributed by atoms with E-state index in [9.17, 15) is 9.70 Å². The molecule has 0 aromatic carbocycles. The van der Waals surface area contributed by atoms with Crippen LogP contribution in [0.25, 0.3) is 0 Å². The van der Waals surface area contributed by atoms with Gasteiger partial charge in [0.15, 0.2) is 0 Å². The summed E-state index contributed by atoms with van der Waals surface area (Å²) in [5.41, 5.74) is 0. The van der Waals surface area contributed by atoms with Gasteiger partial charge in [0.2, 0.25) is 0 Å². The summed E-state index contributed by atoms with van der Waals surface area (Å²) in [6, 6.07) is 0. The van der Waals surface area contributed by atoms with Gasteiger partial charge in [-0.25, -0.2) is 0 Å². The summed E-state index contributed by atoms with van der Waals surface area (Å²) in [6.07, 6.45) is 2.15. The molecular formula is C7H11NO3. The van der Waals surface area contributed by atoms with E-state index in [1.165, 1.54) is 0 Å². The van der Waals surface area contributed by atoms with Crippen LogP contribution in [-0.2, 0) is 4.79 Å². The molecule has 0 unspecified atom stereocenters. The maximum Gasteiger partial charge on any atom is 0.289 e. The van der Waals surface area contributed by atoms with Crippen molar-refractivity contribution < 1.29 is 9.90 Å². The van der Waals surface area contributed by atoms with Crippen molar-refractivity contribution in [1.82, 2.24) is 0 Å². The van der Waals surface area contributed by atoms with E-state index in [1.54, 1.807) is 0 Å². The monoisotopic (exact) mass is 157 g/mol. The minimum atomic E-state index is -0.558. The zero-order valence-corrected chi connectivity index (χ0v) is 6.19. The van der Waals surface area contributed by atoms with Crippen LogP contribution in [0, 0.1) is 10.8 Å². The number of nitroso groups, excluding NO2 is 1. The first-order chi connectivity index (χ1) is 5.24. The molecule has 1 saturated carbocycles. The number of amides is 1. The molecule has 4 nitrogen and oxygen atoms in total. The Bertz CT molecular complexity index is 161. The van der Waals surface area contributed by atoms with Gasteiger partial charge in [0, 0.05) is 11.1 Å². The maximum absolute atomic E-state index is 10.7. The van der Waals surface area contributed by atoms with Gasteiger partial charge in [-0.15, -0.1) is 4.91 Å². The summed E-state index contributed by atoms with van der Waals surface area (Å²) in [5, 5.41) is 11.4. The lowest BCUT2D eigenvalue weighted by Gasteiger charge is -2.21. The topological polar surface area (TPSA) is 66.7 Å². The van der Waals surface area contributed by atoms with Crippen molar-refractivity contribution in [2.45, 2.75) is 31.8 Å². The van der Waals surface area contributed by atoms with Gasteiger partial charge in [0.25, 0.3) is 5.91 Å². The van der Waals surface area contributed by atoms with Crippen molar-refractivity contribution in [3.05, 3.63) is 4.91 Å². The van der Waals surface area contributed by atoms with Gasteiger partial charge in [-0.1, -0.05) is 0 Å². The van der Waals surface area contributed by atoms with Crippen molar-refractivity contribution >= 4 is 5.91 Å². The molecule has 1 aliphatic rings. The van der Waals surface area contributed by atoms with E-state index < -0.39 is 5.91 Å². The fraction of sp³-hybridized carbons (Fsp3) is 0.857. The standard InChI is InChI=1S/C7H11NO3/c9-6-3-1-5(2-4-6)7(10)8-11/h5-6,9H,1-4H2. The van der Waals surface area contributed by atoms with Gasteiger partial charge >= 0.3 is 0 Å². The van der Waals surface area contributed by atoms with E-state index in [0.29, 0.717) is 25.7 Å². The largest absolute Gasteiger partial charge is 0.393 e. The van der Waals surface area contributed by atoms with Crippen molar-refractivity contribution in [3.8, 4) is 0 Å². The number of aliphatic hydroxyl groups excluding tert-OH is 1. The first kappa shape index (κ1) is 8.33. The van der Waals surface area contributed by atoms with Crippen molar-refractivity contribution in [2.24, 2.45) is 11.1 Å². The van der Waals surface area contributed by atoms with Crippen LogP contribution in [0.1, 0.15) is 25.7 Å². The summed E-state index contributed by atoms with van der Waals surface area (Å²) >= 11 is 0. The molecule has 0 spiro atoms. The zero-order valence-electron chi connectivity index (χ0n) is 6.19. The molecular weight excluding hydrogens is 146 g/mol. The lowest BCUT2D eigenvalue weighted by molar-refractivity contribution is -0.123. The fourth-order valence-electron chi connectivity index (χ4n) is 1.40. The molecule has 0 heterocycles. The number of carbonyl (C=O) groups is 1. The second kappa shape index (κ2) is 3.57. The zero-order chi connectivity index (χ0) is 8.27. The lowest BCUT2D eigenvalue weighted by Crippen LogP contribution is -2.22. The van der Waals surface area contributed by atoms with Crippen LogP contribution < -0.4 is 0 Å². The molecule has 1 rings (SSSR count). The highest BCUT2D eigenvalue weighted by atomic mass is 16.3. The fourth-order valence-corrected chi connectivity index (χ4v) is 1.40. The molecule has 0 saturated heterocycles. The Hall–Kier alpha value is -0.770. The van der Waals surface area contributed by atoms with Gasteiger partial charge in [0.05, 0.1) is 6.10 Å². The van der Waals surface area contributed by atoms with Crippen LogP contribution in [0.5, 0.6) is 0 Å². The average molecular weight is 157 g/mol. The predicted molar refractivity (Wildman–Crippen MR) is 38.8 cm³/mol. The minimum Gasteiger partial charge on any atom is -0.393 e. The second-order valence-electron chi connectivity index (χ2n) is 2.93. The molecule has 0 aromatic heterocycles. The van der Waals surface area contributed by atoms with Crippen LogP contribution in [0.3, 0.4) is 0 Å². The number of hydrogen-bond donors (Lipinski definition) is 1. The molecule has 0 aromatic rings. The summed E-state index contributed by atoms with van der Waals surface area (Å²) in [7, 11) is 0. The van der Waals surface area contributed by atoms with Crippen molar-refractivity contribution in [2.75, 3.05) is 0 Å². The van der Waals surface area contributed by atoms with E-state index in [4.69, 9.17) is 5.11 Å². The van der Waals surface area contributed by atoms with Gasteiger partial charge in [-0.05, 0) is 25.7 Å². The lowest BCUT2D eigenvalue weighted by atomic mass is 9.87. The van der Waals surface area contributed by atoms with Gasteiger partial charge in [-0.3, -0.25) is 4.79 Å². The molecule has 0 atom stereocenters. The first-order valence-corrected chi connectivity index (χ1v) is 3.79. The number of aliphatic hydroxyl groups is 1. The Morgan fingerprint density at radius 3 is 2.27 bits per heavy atom. The van der Waals surface area contributed by atoms with Gasteiger partial charge < -0.3 is 5.11 Å². The summed E-state index contributed by atoms with van der Waals surface area (Å²) in [6.45, 7) is 0. The highest BCUT2D eigenvalue weighted by Crippen LogP contribution is 2.24. The van der Waals surface area contributed by atoms with Gasteiger partial charge in [-0.2, -0.15) is 0 Å².